The highest BCUT2D eigenvalue weighted by Gasteiger charge is 2.27. The van der Waals surface area contributed by atoms with Gasteiger partial charge in [-0.05, 0) is 31.9 Å². The van der Waals surface area contributed by atoms with Crippen LogP contribution in [0.25, 0.3) is 0 Å². The number of esters is 1. The highest BCUT2D eigenvalue weighted by Crippen LogP contribution is 2.20. The number of carbonyl (C=O) groups is 2. The number of likely N-dealkylation sites (tertiary alicyclic amines) is 1. The lowest BCUT2D eigenvalue weighted by molar-refractivity contribution is -0.149. The van der Waals surface area contributed by atoms with Gasteiger partial charge in [0, 0.05) is 20.1 Å². The predicted octanol–water partition coefficient (Wildman–Crippen LogP) is 2.51. The van der Waals surface area contributed by atoms with Gasteiger partial charge in [0.05, 0.1) is 24.8 Å². The molecule has 0 atom stereocenters. The van der Waals surface area contributed by atoms with Crippen molar-refractivity contribution >= 4 is 47.5 Å². The lowest BCUT2D eigenvalue weighted by atomic mass is 9.97. The van der Waals surface area contributed by atoms with Gasteiger partial charge in [-0.2, -0.15) is 0 Å². The Hall–Kier alpha value is -2.05. The number of rotatable bonds is 5. The zero-order valence-electron chi connectivity index (χ0n) is 16.1. The number of carbonyl (C=O) groups excluding carboxylic acids is 2. The number of nitrogens with one attached hydrogen (secondary N) is 2. The van der Waals surface area contributed by atoms with E-state index in [9.17, 15) is 22.8 Å². The second-order valence-corrected chi connectivity index (χ2v) is 6.19. The number of benzene rings is 1. The average molecular weight is 528 g/mol. The standard InChI is InChI=1S/C18H23F3N4O3.HI/c1-3-28-17(27)11-6-8-25(9-7-11)18(22-2)23-10-14(26)24-13-5-4-12(19)15(20)16(13)21;/h4-5,11H,3,6-10H2,1-2H3,(H,22,23)(H,24,26);1H. The van der Waals surface area contributed by atoms with E-state index in [1.807, 2.05) is 4.90 Å². The Morgan fingerprint density at radius 1 is 1.21 bits per heavy atom. The minimum absolute atomic E-state index is 0. The molecule has 0 spiro atoms. The van der Waals surface area contributed by atoms with Crippen molar-refractivity contribution in [1.29, 1.82) is 0 Å². The number of anilines is 1. The van der Waals surface area contributed by atoms with E-state index in [0.717, 1.165) is 12.1 Å². The second kappa shape index (κ2) is 11.8. The van der Waals surface area contributed by atoms with Crippen LogP contribution in [0.15, 0.2) is 17.1 Å². The summed E-state index contributed by atoms with van der Waals surface area (Å²) < 4.78 is 44.8. The van der Waals surface area contributed by atoms with Gasteiger partial charge in [0.15, 0.2) is 23.4 Å². The molecule has 1 aromatic rings. The normalized spacial score (nSPS) is 14.8. The van der Waals surface area contributed by atoms with Crippen LogP contribution in [-0.4, -0.2) is 56.0 Å². The van der Waals surface area contributed by atoms with Crippen LogP contribution in [0.5, 0.6) is 0 Å². The summed E-state index contributed by atoms with van der Waals surface area (Å²) >= 11 is 0. The average Bonchev–Trinajstić information content (AvgIpc) is 2.69. The van der Waals surface area contributed by atoms with Gasteiger partial charge in [-0.1, -0.05) is 0 Å². The Bertz CT molecular complexity index is 756. The summed E-state index contributed by atoms with van der Waals surface area (Å²) in [6.45, 7) is 2.97. The molecule has 2 rings (SSSR count). The monoisotopic (exact) mass is 528 g/mol. The minimum Gasteiger partial charge on any atom is -0.466 e. The first-order valence-corrected chi connectivity index (χ1v) is 8.92. The maximum absolute atomic E-state index is 13.6. The number of ether oxygens (including phenoxy) is 1. The smallest absolute Gasteiger partial charge is 0.309 e. The van der Waals surface area contributed by atoms with Crippen molar-refractivity contribution in [2.75, 3.05) is 38.6 Å². The summed E-state index contributed by atoms with van der Waals surface area (Å²) in [6, 6.07) is 1.68. The van der Waals surface area contributed by atoms with Crippen LogP contribution >= 0.6 is 24.0 Å². The maximum atomic E-state index is 13.6. The van der Waals surface area contributed by atoms with Gasteiger partial charge >= 0.3 is 5.97 Å². The van der Waals surface area contributed by atoms with Gasteiger partial charge in [0.1, 0.15) is 0 Å². The van der Waals surface area contributed by atoms with Gasteiger partial charge in [-0.15, -0.1) is 24.0 Å². The highest BCUT2D eigenvalue weighted by atomic mass is 127. The molecular weight excluding hydrogens is 504 g/mol. The van der Waals surface area contributed by atoms with Crippen molar-refractivity contribution in [3.05, 3.63) is 29.6 Å². The van der Waals surface area contributed by atoms with Crippen LogP contribution in [0.3, 0.4) is 0 Å². The van der Waals surface area contributed by atoms with Gasteiger partial charge in [0.2, 0.25) is 5.91 Å². The van der Waals surface area contributed by atoms with E-state index in [1.165, 1.54) is 0 Å². The molecule has 0 bridgehead atoms. The van der Waals surface area contributed by atoms with Crippen molar-refractivity contribution in [1.82, 2.24) is 10.2 Å². The van der Waals surface area contributed by atoms with Crippen LogP contribution in [0.4, 0.5) is 18.9 Å². The number of piperidine rings is 1. The second-order valence-electron chi connectivity index (χ2n) is 6.19. The van der Waals surface area contributed by atoms with Crippen LogP contribution < -0.4 is 10.6 Å². The third-order valence-corrected chi connectivity index (χ3v) is 4.34. The number of aliphatic imine (C=N–C) groups is 1. The Kier molecular flexibility index (Phi) is 10.2. The van der Waals surface area contributed by atoms with E-state index in [-0.39, 0.29) is 42.4 Å². The first-order chi connectivity index (χ1) is 13.4. The molecule has 1 heterocycles. The van der Waals surface area contributed by atoms with Gasteiger partial charge in [0.25, 0.3) is 0 Å². The highest BCUT2D eigenvalue weighted by molar-refractivity contribution is 14.0. The Morgan fingerprint density at radius 2 is 1.86 bits per heavy atom. The maximum Gasteiger partial charge on any atom is 0.309 e. The zero-order chi connectivity index (χ0) is 20.7. The van der Waals surface area contributed by atoms with Crippen LogP contribution in [-0.2, 0) is 14.3 Å². The minimum atomic E-state index is -1.65. The number of amides is 1. The number of hydrogen-bond donors (Lipinski definition) is 2. The van der Waals surface area contributed by atoms with Crippen molar-refractivity contribution in [3.63, 3.8) is 0 Å². The molecule has 162 valence electrons. The molecule has 1 aliphatic heterocycles. The molecule has 0 aliphatic carbocycles. The molecule has 11 heteroatoms. The van der Waals surface area contributed by atoms with Crippen LogP contribution in [0, 0.1) is 23.4 Å². The van der Waals surface area contributed by atoms with Crippen LogP contribution in [0.2, 0.25) is 0 Å². The predicted molar refractivity (Wildman–Crippen MR) is 113 cm³/mol. The summed E-state index contributed by atoms with van der Waals surface area (Å²) in [5.41, 5.74) is -0.448. The van der Waals surface area contributed by atoms with Gasteiger partial charge in [-0.25, -0.2) is 13.2 Å². The first-order valence-electron chi connectivity index (χ1n) is 8.92. The Balaban J connectivity index is 0.00000420. The Labute approximate surface area is 184 Å². The molecule has 1 aliphatic rings. The lowest BCUT2D eigenvalue weighted by Crippen LogP contribution is -2.48. The lowest BCUT2D eigenvalue weighted by Gasteiger charge is -2.33. The number of halogens is 4. The molecule has 1 aromatic carbocycles. The summed E-state index contributed by atoms with van der Waals surface area (Å²) in [5, 5.41) is 5.01. The summed E-state index contributed by atoms with van der Waals surface area (Å²) in [6.07, 6.45) is 1.21. The largest absolute Gasteiger partial charge is 0.466 e. The molecule has 0 aromatic heterocycles. The van der Waals surface area contributed by atoms with E-state index in [0.29, 0.717) is 38.5 Å². The van der Waals surface area contributed by atoms with Crippen molar-refractivity contribution < 1.29 is 27.5 Å². The molecular formula is C18H24F3IN4O3. The molecule has 0 saturated carbocycles. The summed E-state index contributed by atoms with van der Waals surface area (Å²) in [5.74, 6) is -5.01. The SMILES string of the molecule is CCOC(=O)C1CCN(C(=NC)NCC(=O)Nc2ccc(F)c(F)c2F)CC1.I. The van der Waals surface area contributed by atoms with E-state index < -0.39 is 29.0 Å². The fourth-order valence-electron chi connectivity index (χ4n) is 2.90. The number of guanidine groups is 1. The Morgan fingerprint density at radius 3 is 2.45 bits per heavy atom. The van der Waals surface area contributed by atoms with Crippen molar-refractivity contribution in [2.24, 2.45) is 10.9 Å². The molecule has 1 saturated heterocycles. The van der Waals surface area contributed by atoms with E-state index >= 15 is 0 Å². The molecule has 0 unspecified atom stereocenters. The number of hydrogen-bond acceptors (Lipinski definition) is 4. The zero-order valence-corrected chi connectivity index (χ0v) is 18.5. The molecule has 0 radical (unpaired) electrons. The molecule has 1 amide bonds. The summed E-state index contributed by atoms with van der Waals surface area (Å²) in [7, 11) is 1.55. The molecule has 1 fully saturated rings. The van der Waals surface area contributed by atoms with Gasteiger partial charge in [-0.3, -0.25) is 14.6 Å². The van der Waals surface area contributed by atoms with Crippen LogP contribution in [0.1, 0.15) is 19.8 Å². The fourth-order valence-corrected chi connectivity index (χ4v) is 2.90. The molecule has 7 nitrogen and oxygen atoms in total. The molecule has 2 N–H and O–H groups in total. The van der Waals surface area contributed by atoms with E-state index in [1.54, 1.807) is 14.0 Å². The summed E-state index contributed by atoms with van der Waals surface area (Å²) in [4.78, 5) is 29.8. The van der Waals surface area contributed by atoms with E-state index in [2.05, 4.69) is 15.6 Å². The van der Waals surface area contributed by atoms with Crippen molar-refractivity contribution in [2.45, 2.75) is 19.8 Å². The quantitative estimate of drug-likeness (QED) is 0.202. The number of nitrogens with zero attached hydrogens (tertiary/aromatic N) is 2. The first kappa shape index (κ1) is 25.0. The topological polar surface area (TPSA) is 83.0 Å². The van der Waals surface area contributed by atoms with Gasteiger partial charge < -0.3 is 20.3 Å². The third-order valence-electron chi connectivity index (χ3n) is 4.34. The molecule has 29 heavy (non-hydrogen) atoms. The fraction of sp³-hybridized carbons (Fsp3) is 0.500. The van der Waals surface area contributed by atoms with Crippen molar-refractivity contribution in [3.8, 4) is 0 Å². The third kappa shape index (κ3) is 6.75. The van der Waals surface area contributed by atoms with E-state index in [4.69, 9.17) is 4.74 Å².